The maximum atomic E-state index is 12.4. The van der Waals surface area contributed by atoms with E-state index >= 15 is 0 Å². The Hall–Kier alpha value is -0.830. The number of carbonyl (C=O) groups excluding carboxylic acids is 1. The van der Waals surface area contributed by atoms with Crippen molar-refractivity contribution < 1.29 is 9.90 Å². The Bertz CT molecular complexity index is 358. The van der Waals surface area contributed by atoms with Gasteiger partial charge in [-0.3, -0.25) is 4.79 Å². The average Bonchev–Trinajstić information content (AvgIpc) is 2.90. The lowest BCUT2D eigenvalue weighted by atomic mass is 9.71. The van der Waals surface area contributed by atoms with Gasteiger partial charge in [-0.05, 0) is 32.1 Å². The average molecular weight is 249 g/mol. The smallest absolute Gasteiger partial charge is 0.226 e. The molecule has 100 valence electrons. The van der Waals surface area contributed by atoms with Crippen LogP contribution in [-0.4, -0.2) is 34.6 Å². The summed E-state index contributed by atoms with van der Waals surface area (Å²) in [5.74, 6) is 0.811. The molecule has 2 fully saturated rings. The van der Waals surface area contributed by atoms with E-state index < -0.39 is 5.60 Å². The summed E-state index contributed by atoms with van der Waals surface area (Å²) in [5.41, 5.74) is -0.469. The molecule has 2 aliphatic carbocycles. The number of nitrogens with zero attached hydrogens (tertiary/aromatic N) is 1. The monoisotopic (exact) mass is 249 g/mol. The fourth-order valence-corrected chi connectivity index (χ4v) is 3.85. The molecular weight excluding hydrogens is 226 g/mol. The van der Waals surface area contributed by atoms with Crippen LogP contribution in [0.15, 0.2) is 12.2 Å². The van der Waals surface area contributed by atoms with Crippen molar-refractivity contribution in [2.75, 3.05) is 13.1 Å². The van der Waals surface area contributed by atoms with Crippen LogP contribution in [0.1, 0.15) is 44.9 Å². The van der Waals surface area contributed by atoms with Crippen LogP contribution >= 0.6 is 0 Å². The molecule has 3 nitrogen and oxygen atoms in total. The molecule has 0 aromatic heterocycles. The van der Waals surface area contributed by atoms with Gasteiger partial charge in [0.25, 0.3) is 0 Å². The molecule has 3 aliphatic rings. The predicted molar refractivity (Wildman–Crippen MR) is 70.0 cm³/mol. The highest BCUT2D eigenvalue weighted by atomic mass is 16.3. The minimum Gasteiger partial charge on any atom is -0.389 e. The summed E-state index contributed by atoms with van der Waals surface area (Å²) in [6.45, 7) is 1.54. The Labute approximate surface area is 109 Å². The summed E-state index contributed by atoms with van der Waals surface area (Å²) in [6.07, 6.45) is 11.2. The van der Waals surface area contributed by atoms with Gasteiger partial charge in [-0.15, -0.1) is 0 Å². The molecule has 0 bridgehead atoms. The van der Waals surface area contributed by atoms with Crippen molar-refractivity contribution in [1.29, 1.82) is 0 Å². The van der Waals surface area contributed by atoms with E-state index in [0.717, 1.165) is 51.6 Å². The molecule has 1 saturated carbocycles. The van der Waals surface area contributed by atoms with Gasteiger partial charge in [0.1, 0.15) is 0 Å². The summed E-state index contributed by atoms with van der Waals surface area (Å²) in [7, 11) is 0. The lowest BCUT2D eigenvalue weighted by Crippen LogP contribution is -2.55. The molecule has 1 aliphatic heterocycles. The van der Waals surface area contributed by atoms with E-state index in [2.05, 4.69) is 12.2 Å². The van der Waals surface area contributed by atoms with Crippen LogP contribution in [0.25, 0.3) is 0 Å². The van der Waals surface area contributed by atoms with Gasteiger partial charge in [-0.1, -0.05) is 25.0 Å². The SMILES string of the molecule is O=C(C1CC=CC1)N1CCC2(O)CCCCC2C1. The number of piperidine rings is 1. The summed E-state index contributed by atoms with van der Waals surface area (Å²) >= 11 is 0. The second kappa shape index (κ2) is 4.69. The summed E-state index contributed by atoms with van der Waals surface area (Å²) in [6, 6.07) is 0. The van der Waals surface area contributed by atoms with Crippen molar-refractivity contribution in [3.05, 3.63) is 12.2 Å². The lowest BCUT2D eigenvalue weighted by molar-refractivity contribution is -0.147. The van der Waals surface area contributed by atoms with E-state index in [4.69, 9.17) is 0 Å². The van der Waals surface area contributed by atoms with Crippen LogP contribution in [0, 0.1) is 11.8 Å². The van der Waals surface area contributed by atoms with Gasteiger partial charge in [0.2, 0.25) is 5.91 Å². The van der Waals surface area contributed by atoms with Gasteiger partial charge < -0.3 is 10.0 Å². The first-order valence-corrected chi connectivity index (χ1v) is 7.35. The van der Waals surface area contributed by atoms with Crippen LogP contribution in [0.2, 0.25) is 0 Å². The third kappa shape index (κ3) is 2.09. The Kier molecular flexibility index (Phi) is 3.18. The first-order chi connectivity index (χ1) is 8.69. The highest BCUT2D eigenvalue weighted by Crippen LogP contribution is 2.40. The van der Waals surface area contributed by atoms with E-state index in [0.29, 0.717) is 11.8 Å². The molecule has 18 heavy (non-hydrogen) atoms. The van der Waals surface area contributed by atoms with Gasteiger partial charge in [0.15, 0.2) is 0 Å². The highest BCUT2D eigenvalue weighted by molar-refractivity contribution is 5.79. The van der Waals surface area contributed by atoms with Crippen LogP contribution in [0.3, 0.4) is 0 Å². The Balaban J connectivity index is 1.64. The second-order valence-electron chi connectivity index (χ2n) is 6.22. The van der Waals surface area contributed by atoms with E-state index in [1.807, 2.05) is 4.90 Å². The van der Waals surface area contributed by atoms with Crippen molar-refractivity contribution in [3.8, 4) is 0 Å². The largest absolute Gasteiger partial charge is 0.389 e. The Morgan fingerprint density at radius 3 is 2.78 bits per heavy atom. The molecule has 1 amide bonds. The number of allylic oxidation sites excluding steroid dienone is 2. The normalized spacial score (nSPS) is 36.7. The maximum Gasteiger partial charge on any atom is 0.226 e. The molecule has 3 rings (SSSR count). The van der Waals surface area contributed by atoms with Crippen LogP contribution in [0.4, 0.5) is 0 Å². The minimum absolute atomic E-state index is 0.180. The topological polar surface area (TPSA) is 40.5 Å². The lowest BCUT2D eigenvalue weighted by Gasteiger charge is -2.47. The molecular formula is C15H23NO2. The third-order valence-electron chi connectivity index (χ3n) is 5.10. The van der Waals surface area contributed by atoms with Crippen molar-refractivity contribution in [3.63, 3.8) is 0 Å². The molecule has 2 unspecified atom stereocenters. The zero-order valence-corrected chi connectivity index (χ0v) is 11.0. The number of carbonyl (C=O) groups is 1. The third-order valence-corrected chi connectivity index (χ3v) is 5.10. The first kappa shape index (κ1) is 12.2. The Morgan fingerprint density at radius 1 is 1.22 bits per heavy atom. The van der Waals surface area contributed by atoms with Crippen LogP contribution in [0.5, 0.6) is 0 Å². The maximum absolute atomic E-state index is 12.4. The molecule has 1 N–H and O–H groups in total. The predicted octanol–water partition coefficient (Wildman–Crippen LogP) is 2.11. The molecule has 2 atom stereocenters. The first-order valence-electron chi connectivity index (χ1n) is 7.35. The fraction of sp³-hybridized carbons (Fsp3) is 0.800. The molecule has 1 saturated heterocycles. The van der Waals surface area contributed by atoms with Crippen molar-refractivity contribution >= 4 is 5.91 Å². The van der Waals surface area contributed by atoms with E-state index in [9.17, 15) is 9.90 Å². The van der Waals surface area contributed by atoms with Gasteiger partial charge >= 0.3 is 0 Å². The number of amides is 1. The van der Waals surface area contributed by atoms with Crippen LogP contribution < -0.4 is 0 Å². The van der Waals surface area contributed by atoms with Crippen LogP contribution in [-0.2, 0) is 4.79 Å². The van der Waals surface area contributed by atoms with Crippen molar-refractivity contribution in [2.45, 2.75) is 50.5 Å². The molecule has 1 heterocycles. The number of hydrogen-bond acceptors (Lipinski definition) is 2. The van der Waals surface area contributed by atoms with Crippen molar-refractivity contribution in [2.24, 2.45) is 11.8 Å². The molecule has 0 aromatic carbocycles. The second-order valence-corrected chi connectivity index (χ2v) is 6.22. The summed E-state index contributed by atoms with van der Waals surface area (Å²) in [4.78, 5) is 14.4. The fourth-order valence-electron chi connectivity index (χ4n) is 3.85. The number of rotatable bonds is 1. The van der Waals surface area contributed by atoms with E-state index in [1.54, 1.807) is 0 Å². The van der Waals surface area contributed by atoms with Gasteiger partial charge in [-0.2, -0.15) is 0 Å². The molecule has 0 aromatic rings. The quantitative estimate of drug-likeness (QED) is 0.723. The van der Waals surface area contributed by atoms with Crippen molar-refractivity contribution in [1.82, 2.24) is 4.90 Å². The van der Waals surface area contributed by atoms with E-state index in [1.165, 1.54) is 6.42 Å². The van der Waals surface area contributed by atoms with E-state index in [-0.39, 0.29) is 5.92 Å². The summed E-state index contributed by atoms with van der Waals surface area (Å²) < 4.78 is 0. The molecule has 0 radical (unpaired) electrons. The van der Waals surface area contributed by atoms with Gasteiger partial charge in [-0.25, -0.2) is 0 Å². The highest BCUT2D eigenvalue weighted by Gasteiger charge is 2.44. The molecule has 3 heteroatoms. The number of likely N-dealkylation sites (tertiary alicyclic amines) is 1. The number of fused-ring (bicyclic) bond motifs is 1. The number of aliphatic hydroxyl groups is 1. The van der Waals surface area contributed by atoms with Gasteiger partial charge in [0.05, 0.1) is 5.60 Å². The molecule has 0 spiro atoms. The summed E-state index contributed by atoms with van der Waals surface area (Å²) in [5, 5.41) is 10.6. The number of hydrogen-bond donors (Lipinski definition) is 1. The minimum atomic E-state index is -0.469. The zero-order valence-electron chi connectivity index (χ0n) is 11.0. The van der Waals surface area contributed by atoms with Gasteiger partial charge in [0, 0.05) is 24.9 Å². The zero-order chi connectivity index (χ0) is 12.6. The Morgan fingerprint density at radius 2 is 2.00 bits per heavy atom. The standard InChI is InChI=1S/C15H23NO2/c17-14(12-5-1-2-6-12)16-10-9-15(18)8-4-3-7-13(15)11-16/h1-2,12-13,18H,3-11H2.